The number of fused-ring (bicyclic) bond motifs is 1. The Kier molecular flexibility index (Phi) is 1.91. The van der Waals surface area contributed by atoms with Gasteiger partial charge in [-0.1, -0.05) is 12.2 Å². The summed E-state index contributed by atoms with van der Waals surface area (Å²) in [5.41, 5.74) is 4.09. The van der Waals surface area contributed by atoms with Crippen LogP contribution in [0.25, 0.3) is 0 Å². The second-order valence-electron chi connectivity index (χ2n) is 4.13. The molecule has 0 amide bonds. The highest BCUT2D eigenvalue weighted by atomic mass is 15.1. The number of nitrogens with one attached hydrogen (secondary N) is 2. The van der Waals surface area contributed by atoms with Gasteiger partial charge in [-0.3, -0.25) is 5.10 Å². The Bertz CT molecular complexity index is 357. The summed E-state index contributed by atoms with van der Waals surface area (Å²) < 4.78 is 0. The lowest BCUT2D eigenvalue weighted by Gasteiger charge is -2.15. The van der Waals surface area contributed by atoms with E-state index in [1.807, 2.05) is 0 Å². The van der Waals surface area contributed by atoms with Gasteiger partial charge in [-0.15, -0.1) is 0 Å². The molecule has 1 aliphatic carbocycles. The Labute approximate surface area is 83.6 Å². The molecule has 0 radical (unpaired) electrons. The van der Waals surface area contributed by atoms with Crippen LogP contribution in [0.5, 0.6) is 0 Å². The number of allylic oxidation sites excluding steroid dienone is 2. The summed E-state index contributed by atoms with van der Waals surface area (Å²) in [5.74, 6) is 0.634. The van der Waals surface area contributed by atoms with E-state index in [0.717, 1.165) is 32.4 Å². The molecule has 3 nitrogen and oxygen atoms in total. The van der Waals surface area contributed by atoms with Gasteiger partial charge in [0.25, 0.3) is 0 Å². The molecular formula is C11H15N3. The molecule has 1 aliphatic heterocycles. The lowest BCUT2D eigenvalue weighted by Crippen LogP contribution is -2.23. The minimum atomic E-state index is 0.634. The highest BCUT2D eigenvalue weighted by Gasteiger charge is 2.23. The Morgan fingerprint density at radius 2 is 2.14 bits per heavy atom. The second-order valence-corrected chi connectivity index (χ2v) is 4.13. The van der Waals surface area contributed by atoms with Crippen LogP contribution >= 0.6 is 0 Å². The Balaban J connectivity index is 1.93. The predicted molar refractivity (Wildman–Crippen MR) is 55.1 cm³/mol. The zero-order chi connectivity index (χ0) is 9.38. The second kappa shape index (κ2) is 3.24. The Morgan fingerprint density at radius 1 is 1.29 bits per heavy atom. The largest absolute Gasteiger partial charge is 0.312 e. The van der Waals surface area contributed by atoms with Crippen LogP contribution in [0.1, 0.15) is 35.7 Å². The van der Waals surface area contributed by atoms with Crippen LogP contribution in [0.4, 0.5) is 0 Å². The average Bonchev–Trinajstić information content (AvgIpc) is 2.85. The van der Waals surface area contributed by atoms with E-state index >= 15 is 0 Å². The third-order valence-electron chi connectivity index (χ3n) is 3.23. The standard InChI is InChI=1S/C11H15N3/c1-2-4-8(3-1)11-9-7-12-6-5-10(9)13-14-11/h1-2,8,12H,3-7H2,(H,13,14). The Hall–Kier alpha value is -1.09. The molecule has 3 rings (SSSR count). The summed E-state index contributed by atoms with van der Waals surface area (Å²) in [7, 11) is 0. The topological polar surface area (TPSA) is 40.7 Å². The maximum absolute atomic E-state index is 4.47. The van der Waals surface area contributed by atoms with E-state index in [1.54, 1.807) is 0 Å². The molecule has 0 saturated carbocycles. The molecule has 2 aliphatic rings. The maximum Gasteiger partial charge on any atom is 0.0707 e. The summed E-state index contributed by atoms with van der Waals surface area (Å²) in [6.45, 7) is 2.08. The van der Waals surface area contributed by atoms with E-state index < -0.39 is 0 Å². The number of aromatic nitrogens is 2. The number of rotatable bonds is 1. The Morgan fingerprint density at radius 3 is 3.00 bits per heavy atom. The van der Waals surface area contributed by atoms with E-state index in [0.29, 0.717) is 5.92 Å². The van der Waals surface area contributed by atoms with Crippen LogP contribution in [0, 0.1) is 0 Å². The van der Waals surface area contributed by atoms with E-state index in [4.69, 9.17) is 0 Å². The number of hydrogen-bond acceptors (Lipinski definition) is 2. The van der Waals surface area contributed by atoms with Crippen LogP contribution in [0.2, 0.25) is 0 Å². The van der Waals surface area contributed by atoms with Gasteiger partial charge in [0.2, 0.25) is 0 Å². The molecule has 1 aromatic rings. The minimum Gasteiger partial charge on any atom is -0.312 e. The van der Waals surface area contributed by atoms with Crippen molar-refractivity contribution in [1.29, 1.82) is 0 Å². The first-order valence-corrected chi connectivity index (χ1v) is 5.37. The average molecular weight is 189 g/mol. The van der Waals surface area contributed by atoms with Crippen molar-refractivity contribution in [2.24, 2.45) is 0 Å². The SMILES string of the molecule is C1=CCC(c2n[nH]c3c2CNCC3)C1. The van der Waals surface area contributed by atoms with E-state index in [2.05, 4.69) is 27.7 Å². The normalized spacial score (nSPS) is 21.4. The van der Waals surface area contributed by atoms with Crippen molar-refractivity contribution in [2.75, 3.05) is 6.54 Å². The molecule has 0 unspecified atom stereocenters. The van der Waals surface area contributed by atoms with Crippen molar-refractivity contribution in [3.05, 3.63) is 29.1 Å². The van der Waals surface area contributed by atoms with Crippen molar-refractivity contribution >= 4 is 0 Å². The van der Waals surface area contributed by atoms with E-state index in [9.17, 15) is 0 Å². The minimum absolute atomic E-state index is 0.634. The van der Waals surface area contributed by atoms with Crippen molar-refractivity contribution in [3.63, 3.8) is 0 Å². The smallest absolute Gasteiger partial charge is 0.0707 e. The highest BCUT2D eigenvalue weighted by Crippen LogP contribution is 2.31. The number of aromatic amines is 1. The molecule has 2 heterocycles. The molecule has 74 valence electrons. The fourth-order valence-electron chi connectivity index (χ4n) is 2.43. The third-order valence-corrected chi connectivity index (χ3v) is 3.23. The molecule has 0 aromatic carbocycles. The van der Waals surface area contributed by atoms with Gasteiger partial charge in [0, 0.05) is 36.7 Å². The van der Waals surface area contributed by atoms with E-state index in [1.165, 1.54) is 17.0 Å². The van der Waals surface area contributed by atoms with Gasteiger partial charge in [-0.2, -0.15) is 5.10 Å². The van der Waals surface area contributed by atoms with Gasteiger partial charge in [0.05, 0.1) is 5.69 Å². The van der Waals surface area contributed by atoms with Gasteiger partial charge in [0.15, 0.2) is 0 Å². The lowest BCUT2D eigenvalue weighted by atomic mass is 9.96. The molecule has 0 saturated heterocycles. The summed E-state index contributed by atoms with van der Waals surface area (Å²) in [5, 5.41) is 11.1. The summed E-state index contributed by atoms with van der Waals surface area (Å²) in [4.78, 5) is 0. The van der Waals surface area contributed by atoms with Gasteiger partial charge in [0.1, 0.15) is 0 Å². The lowest BCUT2D eigenvalue weighted by molar-refractivity contribution is 0.625. The van der Waals surface area contributed by atoms with E-state index in [-0.39, 0.29) is 0 Å². The first kappa shape index (κ1) is 8.24. The summed E-state index contributed by atoms with van der Waals surface area (Å²) in [6.07, 6.45) is 7.96. The van der Waals surface area contributed by atoms with Crippen LogP contribution in [0.15, 0.2) is 12.2 Å². The van der Waals surface area contributed by atoms with Gasteiger partial charge in [-0.25, -0.2) is 0 Å². The van der Waals surface area contributed by atoms with Crippen molar-refractivity contribution in [3.8, 4) is 0 Å². The maximum atomic E-state index is 4.47. The van der Waals surface area contributed by atoms with Crippen LogP contribution in [-0.2, 0) is 13.0 Å². The molecule has 0 bridgehead atoms. The summed E-state index contributed by atoms with van der Waals surface area (Å²) >= 11 is 0. The van der Waals surface area contributed by atoms with Crippen LogP contribution < -0.4 is 5.32 Å². The number of nitrogens with zero attached hydrogens (tertiary/aromatic N) is 1. The monoisotopic (exact) mass is 189 g/mol. The molecule has 14 heavy (non-hydrogen) atoms. The van der Waals surface area contributed by atoms with Gasteiger partial charge < -0.3 is 5.32 Å². The van der Waals surface area contributed by atoms with Crippen molar-refractivity contribution in [2.45, 2.75) is 31.7 Å². The molecule has 0 fully saturated rings. The third kappa shape index (κ3) is 1.20. The van der Waals surface area contributed by atoms with Gasteiger partial charge >= 0.3 is 0 Å². The molecule has 0 spiro atoms. The zero-order valence-electron chi connectivity index (χ0n) is 8.21. The number of hydrogen-bond donors (Lipinski definition) is 2. The molecule has 1 aromatic heterocycles. The fourth-order valence-corrected chi connectivity index (χ4v) is 2.43. The summed E-state index contributed by atoms with van der Waals surface area (Å²) in [6, 6.07) is 0. The molecular weight excluding hydrogens is 174 g/mol. The fraction of sp³-hybridized carbons (Fsp3) is 0.545. The van der Waals surface area contributed by atoms with Crippen molar-refractivity contribution < 1.29 is 0 Å². The molecule has 3 heteroatoms. The zero-order valence-corrected chi connectivity index (χ0v) is 8.21. The molecule has 2 N–H and O–H groups in total. The van der Waals surface area contributed by atoms with Crippen LogP contribution in [-0.4, -0.2) is 16.7 Å². The predicted octanol–water partition coefficient (Wildman–Crippen LogP) is 1.49. The van der Waals surface area contributed by atoms with Crippen molar-refractivity contribution in [1.82, 2.24) is 15.5 Å². The number of H-pyrrole nitrogens is 1. The van der Waals surface area contributed by atoms with Gasteiger partial charge in [-0.05, 0) is 12.8 Å². The quantitative estimate of drug-likeness (QED) is 0.657. The molecule has 0 atom stereocenters. The first-order chi connectivity index (χ1) is 6.95. The first-order valence-electron chi connectivity index (χ1n) is 5.37. The highest BCUT2D eigenvalue weighted by molar-refractivity contribution is 5.31. The van der Waals surface area contributed by atoms with Crippen LogP contribution in [0.3, 0.4) is 0 Å².